The molecule has 0 bridgehead atoms. The Hall–Kier alpha value is -2.55. The SMILES string of the molecule is O=c1[nH]c(/C=C\c2ccc(F)c(Br)c2)nc(O)c1[N+](=O)[O-]. The highest BCUT2D eigenvalue weighted by Gasteiger charge is 2.21. The number of aromatic nitrogens is 2. The number of aromatic amines is 1. The summed E-state index contributed by atoms with van der Waals surface area (Å²) in [5.74, 6) is -1.46. The molecular weight excluding hydrogens is 349 g/mol. The molecule has 1 aromatic heterocycles. The molecule has 2 aromatic rings. The van der Waals surface area contributed by atoms with Crippen LogP contribution in [0.15, 0.2) is 27.5 Å². The van der Waals surface area contributed by atoms with Crippen LogP contribution in [0.3, 0.4) is 0 Å². The van der Waals surface area contributed by atoms with Crippen LogP contribution in [0, 0.1) is 15.9 Å². The molecule has 0 fully saturated rings. The molecule has 1 aromatic carbocycles. The molecule has 0 aliphatic heterocycles. The van der Waals surface area contributed by atoms with E-state index in [1.165, 1.54) is 30.4 Å². The molecule has 21 heavy (non-hydrogen) atoms. The van der Waals surface area contributed by atoms with Gasteiger partial charge in [0.15, 0.2) is 0 Å². The number of rotatable bonds is 3. The molecule has 0 radical (unpaired) electrons. The van der Waals surface area contributed by atoms with Gasteiger partial charge in [0.25, 0.3) is 5.88 Å². The van der Waals surface area contributed by atoms with Gasteiger partial charge in [-0.2, -0.15) is 4.98 Å². The van der Waals surface area contributed by atoms with Crippen LogP contribution in [-0.4, -0.2) is 20.0 Å². The van der Waals surface area contributed by atoms with Crippen molar-refractivity contribution in [1.82, 2.24) is 9.97 Å². The second kappa shape index (κ2) is 5.83. The lowest BCUT2D eigenvalue weighted by Crippen LogP contribution is -2.14. The number of aromatic hydroxyl groups is 1. The largest absolute Gasteiger partial charge is 0.488 e. The molecule has 1 heterocycles. The minimum atomic E-state index is -1.06. The summed E-state index contributed by atoms with van der Waals surface area (Å²) < 4.78 is 13.3. The average Bonchev–Trinajstić information content (AvgIpc) is 2.39. The standard InChI is InChI=1S/C12H7BrFN3O4/c13-7-5-6(1-3-8(7)14)2-4-9-15-11(18)10(17(20)21)12(19)16-9/h1-5H,(H2,15,16,18,19)/b4-2-. The fourth-order valence-corrected chi connectivity index (χ4v) is 1.90. The predicted molar refractivity (Wildman–Crippen MR) is 76.2 cm³/mol. The molecule has 7 nitrogen and oxygen atoms in total. The van der Waals surface area contributed by atoms with Gasteiger partial charge in [-0.05, 0) is 39.7 Å². The van der Waals surface area contributed by atoms with E-state index in [0.29, 0.717) is 5.56 Å². The molecule has 0 spiro atoms. The summed E-state index contributed by atoms with van der Waals surface area (Å²) >= 11 is 3.02. The minimum Gasteiger partial charge on any atom is -0.488 e. The number of hydrogen-bond acceptors (Lipinski definition) is 5. The van der Waals surface area contributed by atoms with E-state index in [0.717, 1.165) is 0 Å². The summed E-state index contributed by atoms with van der Waals surface area (Å²) in [5, 5.41) is 19.9. The van der Waals surface area contributed by atoms with Gasteiger partial charge in [-0.25, -0.2) is 4.39 Å². The molecule has 2 rings (SSSR count). The van der Waals surface area contributed by atoms with Gasteiger partial charge in [0.1, 0.15) is 11.6 Å². The third-order valence-electron chi connectivity index (χ3n) is 2.45. The number of halogens is 2. The van der Waals surface area contributed by atoms with Crippen molar-refractivity contribution in [2.24, 2.45) is 0 Å². The van der Waals surface area contributed by atoms with Crippen molar-refractivity contribution in [1.29, 1.82) is 0 Å². The van der Waals surface area contributed by atoms with Gasteiger partial charge in [-0.3, -0.25) is 14.9 Å². The van der Waals surface area contributed by atoms with Crippen LogP contribution in [0.25, 0.3) is 12.2 Å². The summed E-state index contributed by atoms with van der Waals surface area (Å²) in [4.78, 5) is 26.6. The van der Waals surface area contributed by atoms with E-state index >= 15 is 0 Å². The summed E-state index contributed by atoms with van der Waals surface area (Å²) in [7, 11) is 0. The Morgan fingerprint density at radius 3 is 2.71 bits per heavy atom. The van der Waals surface area contributed by atoms with Crippen LogP contribution < -0.4 is 5.56 Å². The van der Waals surface area contributed by atoms with Crippen molar-refractivity contribution in [2.45, 2.75) is 0 Å². The molecular formula is C12H7BrFN3O4. The maximum Gasteiger partial charge on any atom is 0.395 e. The highest BCUT2D eigenvalue weighted by molar-refractivity contribution is 9.10. The van der Waals surface area contributed by atoms with E-state index in [2.05, 4.69) is 25.9 Å². The number of hydrogen-bond donors (Lipinski definition) is 2. The Balaban J connectivity index is 2.35. The lowest BCUT2D eigenvalue weighted by atomic mass is 10.2. The van der Waals surface area contributed by atoms with Crippen LogP contribution in [0.1, 0.15) is 11.4 Å². The molecule has 0 amide bonds. The lowest BCUT2D eigenvalue weighted by Gasteiger charge is -1.98. The summed E-state index contributed by atoms with van der Waals surface area (Å²) in [6, 6.07) is 4.22. The first-order valence-corrected chi connectivity index (χ1v) is 6.28. The van der Waals surface area contributed by atoms with Crippen molar-refractivity contribution in [3.63, 3.8) is 0 Å². The molecule has 0 unspecified atom stereocenters. The normalized spacial score (nSPS) is 11.0. The monoisotopic (exact) mass is 355 g/mol. The number of benzene rings is 1. The maximum absolute atomic E-state index is 13.1. The molecule has 0 aliphatic rings. The predicted octanol–water partition coefficient (Wildman–Crippen LogP) is 2.46. The topological polar surface area (TPSA) is 109 Å². The van der Waals surface area contributed by atoms with E-state index in [9.17, 15) is 24.4 Å². The number of H-pyrrole nitrogens is 1. The van der Waals surface area contributed by atoms with E-state index in [-0.39, 0.29) is 10.3 Å². The van der Waals surface area contributed by atoms with Crippen LogP contribution >= 0.6 is 15.9 Å². The van der Waals surface area contributed by atoms with Gasteiger partial charge in [0.2, 0.25) is 0 Å². The Bertz CT molecular complexity index is 804. The van der Waals surface area contributed by atoms with Crippen LogP contribution in [0.5, 0.6) is 5.88 Å². The Labute approximate surface area is 125 Å². The fraction of sp³-hybridized carbons (Fsp3) is 0. The Morgan fingerprint density at radius 2 is 2.14 bits per heavy atom. The van der Waals surface area contributed by atoms with Crippen molar-refractivity contribution < 1.29 is 14.4 Å². The molecule has 2 N–H and O–H groups in total. The maximum atomic E-state index is 13.1. The quantitative estimate of drug-likeness (QED) is 0.649. The first-order valence-electron chi connectivity index (χ1n) is 5.49. The van der Waals surface area contributed by atoms with Crippen LogP contribution in [0.4, 0.5) is 10.1 Å². The lowest BCUT2D eigenvalue weighted by molar-refractivity contribution is -0.387. The van der Waals surface area contributed by atoms with Gasteiger partial charge >= 0.3 is 11.2 Å². The van der Waals surface area contributed by atoms with E-state index in [1.54, 1.807) is 0 Å². The summed E-state index contributed by atoms with van der Waals surface area (Å²) in [6.45, 7) is 0. The molecule has 0 saturated carbocycles. The third kappa shape index (κ3) is 3.31. The molecule has 9 heteroatoms. The molecule has 0 aliphatic carbocycles. The smallest absolute Gasteiger partial charge is 0.395 e. The number of nitro groups is 1. The fourth-order valence-electron chi connectivity index (χ4n) is 1.51. The molecule has 108 valence electrons. The van der Waals surface area contributed by atoms with Gasteiger partial charge in [0, 0.05) is 0 Å². The highest BCUT2D eigenvalue weighted by atomic mass is 79.9. The van der Waals surface area contributed by atoms with Crippen molar-refractivity contribution >= 4 is 33.8 Å². The van der Waals surface area contributed by atoms with Gasteiger partial charge in [-0.1, -0.05) is 12.1 Å². The molecule has 0 saturated heterocycles. The second-order valence-corrected chi connectivity index (χ2v) is 4.74. The zero-order valence-corrected chi connectivity index (χ0v) is 11.8. The van der Waals surface area contributed by atoms with E-state index in [4.69, 9.17) is 0 Å². The number of nitrogens with one attached hydrogen (secondary N) is 1. The number of nitrogens with zero attached hydrogens (tertiary/aromatic N) is 2. The first kappa shape index (κ1) is 14.9. The van der Waals surface area contributed by atoms with Gasteiger partial charge in [-0.15, -0.1) is 0 Å². The first-order chi connectivity index (χ1) is 9.88. The van der Waals surface area contributed by atoms with Crippen molar-refractivity contribution in [3.05, 3.63) is 60.3 Å². The third-order valence-corrected chi connectivity index (χ3v) is 3.06. The molecule has 0 atom stereocenters. The Morgan fingerprint density at radius 1 is 1.43 bits per heavy atom. The minimum absolute atomic E-state index is 0.0662. The van der Waals surface area contributed by atoms with Crippen LogP contribution in [0.2, 0.25) is 0 Å². The highest BCUT2D eigenvalue weighted by Crippen LogP contribution is 2.19. The summed E-state index contributed by atoms with van der Waals surface area (Å²) in [6.07, 6.45) is 2.82. The zero-order valence-electron chi connectivity index (χ0n) is 10.2. The van der Waals surface area contributed by atoms with E-state index in [1.807, 2.05) is 0 Å². The van der Waals surface area contributed by atoms with Gasteiger partial charge < -0.3 is 10.1 Å². The van der Waals surface area contributed by atoms with Crippen LogP contribution in [-0.2, 0) is 0 Å². The average molecular weight is 356 g/mol. The van der Waals surface area contributed by atoms with Gasteiger partial charge in [0.05, 0.1) is 9.40 Å². The zero-order chi connectivity index (χ0) is 15.6. The Kier molecular flexibility index (Phi) is 4.13. The summed E-state index contributed by atoms with van der Waals surface area (Å²) in [5.41, 5.74) is -1.48. The van der Waals surface area contributed by atoms with E-state index < -0.39 is 27.9 Å². The van der Waals surface area contributed by atoms with Crippen molar-refractivity contribution in [3.8, 4) is 5.88 Å². The second-order valence-electron chi connectivity index (χ2n) is 3.89. The van der Waals surface area contributed by atoms with Crippen molar-refractivity contribution in [2.75, 3.05) is 0 Å².